The molecule has 1 N–H and O–H groups in total. The highest BCUT2D eigenvalue weighted by atomic mass is 16.2. The van der Waals surface area contributed by atoms with Gasteiger partial charge >= 0.3 is 0 Å². The van der Waals surface area contributed by atoms with Crippen LogP contribution < -0.4 is 5.32 Å². The Bertz CT molecular complexity index is 596. The van der Waals surface area contributed by atoms with Crippen molar-refractivity contribution >= 4 is 5.91 Å². The summed E-state index contributed by atoms with van der Waals surface area (Å²) in [5.41, 5.74) is 3.89. The zero-order valence-corrected chi connectivity index (χ0v) is 11.8. The molecule has 0 aliphatic carbocycles. The fraction of sp³-hybridized carbons (Fsp3) is 0.462. The summed E-state index contributed by atoms with van der Waals surface area (Å²) in [6.07, 6.45) is 1.92. The Morgan fingerprint density at radius 1 is 1.32 bits per heavy atom. The van der Waals surface area contributed by atoms with Gasteiger partial charge in [-0.15, -0.1) is 0 Å². The molecule has 6 heteroatoms. The summed E-state index contributed by atoms with van der Waals surface area (Å²) in [7, 11) is 1.87. The molecule has 0 aromatic carbocycles. The Kier molecular flexibility index (Phi) is 3.69. The molecular weight excluding hydrogens is 242 g/mol. The quantitative estimate of drug-likeness (QED) is 0.887. The molecule has 0 bridgehead atoms. The van der Waals surface area contributed by atoms with Gasteiger partial charge in [0.2, 0.25) is 5.91 Å². The molecule has 0 aliphatic heterocycles. The molecule has 102 valence electrons. The van der Waals surface area contributed by atoms with Gasteiger partial charge in [0.15, 0.2) is 0 Å². The summed E-state index contributed by atoms with van der Waals surface area (Å²) in [6, 6.07) is 1.96. The maximum atomic E-state index is 11.9. The van der Waals surface area contributed by atoms with E-state index in [-0.39, 0.29) is 12.5 Å². The van der Waals surface area contributed by atoms with Crippen LogP contribution in [-0.2, 0) is 24.9 Å². The predicted molar refractivity (Wildman–Crippen MR) is 71.5 cm³/mol. The van der Waals surface area contributed by atoms with Crippen LogP contribution in [0.4, 0.5) is 0 Å². The first-order valence-electron chi connectivity index (χ1n) is 6.22. The Balaban J connectivity index is 1.92. The van der Waals surface area contributed by atoms with E-state index in [1.165, 1.54) is 0 Å². The third-order valence-electron chi connectivity index (χ3n) is 2.99. The Labute approximate surface area is 112 Å². The molecule has 0 aliphatic rings. The summed E-state index contributed by atoms with van der Waals surface area (Å²) in [6.45, 7) is 6.54. The second-order valence-corrected chi connectivity index (χ2v) is 4.77. The second kappa shape index (κ2) is 5.26. The van der Waals surface area contributed by atoms with Crippen molar-refractivity contribution < 1.29 is 4.79 Å². The molecular formula is C13H19N5O. The van der Waals surface area contributed by atoms with Crippen LogP contribution in [0.3, 0.4) is 0 Å². The zero-order chi connectivity index (χ0) is 14.0. The van der Waals surface area contributed by atoms with Gasteiger partial charge in [-0.2, -0.15) is 10.2 Å². The molecule has 2 aromatic heterocycles. The third kappa shape index (κ3) is 3.21. The van der Waals surface area contributed by atoms with E-state index in [1.807, 2.05) is 40.1 Å². The van der Waals surface area contributed by atoms with Crippen LogP contribution in [0.25, 0.3) is 0 Å². The molecule has 2 aromatic rings. The second-order valence-electron chi connectivity index (χ2n) is 4.77. The van der Waals surface area contributed by atoms with Gasteiger partial charge < -0.3 is 5.32 Å². The number of carbonyl (C=O) groups is 1. The van der Waals surface area contributed by atoms with E-state index < -0.39 is 0 Å². The van der Waals surface area contributed by atoms with Gasteiger partial charge in [0.25, 0.3) is 0 Å². The standard InChI is InChI=1S/C13H19N5O/c1-9-5-10(2)18(15-9)8-13(19)14-6-12-7-17(4)16-11(12)3/h5,7H,6,8H2,1-4H3,(H,14,19). The number of hydrogen-bond donors (Lipinski definition) is 1. The van der Waals surface area contributed by atoms with Crippen molar-refractivity contribution in [3.63, 3.8) is 0 Å². The SMILES string of the molecule is Cc1cc(C)n(CC(=O)NCc2cn(C)nc2C)n1. The molecule has 0 unspecified atom stereocenters. The highest BCUT2D eigenvalue weighted by Gasteiger charge is 2.08. The van der Waals surface area contributed by atoms with Crippen LogP contribution in [0.1, 0.15) is 22.6 Å². The minimum atomic E-state index is -0.0468. The van der Waals surface area contributed by atoms with Gasteiger partial charge in [0, 0.05) is 31.0 Å². The van der Waals surface area contributed by atoms with Crippen molar-refractivity contribution in [1.82, 2.24) is 24.9 Å². The van der Waals surface area contributed by atoms with E-state index >= 15 is 0 Å². The van der Waals surface area contributed by atoms with Crippen molar-refractivity contribution in [3.05, 3.63) is 34.9 Å². The Hall–Kier alpha value is -2.11. The molecule has 6 nitrogen and oxygen atoms in total. The van der Waals surface area contributed by atoms with E-state index in [0.29, 0.717) is 6.54 Å². The molecule has 2 heterocycles. The average molecular weight is 261 g/mol. The first kappa shape index (κ1) is 13.3. The van der Waals surface area contributed by atoms with Gasteiger partial charge in [-0.1, -0.05) is 0 Å². The molecule has 0 atom stereocenters. The van der Waals surface area contributed by atoms with Crippen LogP contribution in [0, 0.1) is 20.8 Å². The lowest BCUT2D eigenvalue weighted by molar-refractivity contribution is -0.122. The van der Waals surface area contributed by atoms with Gasteiger partial charge in [-0.05, 0) is 26.8 Å². The van der Waals surface area contributed by atoms with Crippen LogP contribution in [0.5, 0.6) is 0 Å². The number of carbonyl (C=O) groups excluding carboxylic acids is 1. The van der Waals surface area contributed by atoms with E-state index in [4.69, 9.17) is 0 Å². The fourth-order valence-corrected chi connectivity index (χ4v) is 2.04. The lowest BCUT2D eigenvalue weighted by atomic mass is 10.2. The average Bonchev–Trinajstić information content (AvgIpc) is 2.79. The maximum Gasteiger partial charge on any atom is 0.242 e. The van der Waals surface area contributed by atoms with Gasteiger partial charge in [-0.25, -0.2) is 0 Å². The summed E-state index contributed by atoms with van der Waals surface area (Å²) in [4.78, 5) is 11.9. The molecule has 19 heavy (non-hydrogen) atoms. The fourth-order valence-electron chi connectivity index (χ4n) is 2.04. The number of rotatable bonds is 4. The number of aromatic nitrogens is 4. The highest BCUT2D eigenvalue weighted by Crippen LogP contribution is 2.04. The van der Waals surface area contributed by atoms with Crippen LogP contribution in [0.2, 0.25) is 0 Å². The van der Waals surface area contributed by atoms with Crippen molar-refractivity contribution in [2.45, 2.75) is 33.9 Å². The van der Waals surface area contributed by atoms with Crippen molar-refractivity contribution in [2.75, 3.05) is 0 Å². The monoisotopic (exact) mass is 261 g/mol. The van der Waals surface area contributed by atoms with Crippen molar-refractivity contribution in [1.29, 1.82) is 0 Å². The van der Waals surface area contributed by atoms with Gasteiger partial charge in [0.1, 0.15) is 6.54 Å². The number of nitrogens with one attached hydrogen (secondary N) is 1. The summed E-state index contributed by atoms with van der Waals surface area (Å²) < 4.78 is 3.46. The maximum absolute atomic E-state index is 11.9. The highest BCUT2D eigenvalue weighted by molar-refractivity contribution is 5.75. The van der Waals surface area contributed by atoms with Crippen LogP contribution >= 0.6 is 0 Å². The first-order valence-corrected chi connectivity index (χ1v) is 6.22. The van der Waals surface area contributed by atoms with Gasteiger partial charge in [0.05, 0.1) is 11.4 Å². The molecule has 0 saturated carbocycles. The van der Waals surface area contributed by atoms with Crippen molar-refractivity contribution in [2.24, 2.45) is 7.05 Å². The van der Waals surface area contributed by atoms with Gasteiger partial charge in [-0.3, -0.25) is 14.2 Å². The summed E-state index contributed by atoms with van der Waals surface area (Å²) in [5.74, 6) is -0.0468. The zero-order valence-electron chi connectivity index (χ0n) is 11.8. The lowest BCUT2D eigenvalue weighted by Crippen LogP contribution is -2.28. The molecule has 0 fully saturated rings. The van der Waals surface area contributed by atoms with Crippen molar-refractivity contribution in [3.8, 4) is 0 Å². The minimum Gasteiger partial charge on any atom is -0.350 e. The molecule has 0 radical (unpaired) electrons. The Morgan fingerprint density at radius 3 is 2.58 bits per heavy atom. The smallest absolute Gasteiger partial charge is 0.242 e. The minimum absolute atomic E-state index is 0.0468. The van der Waals surface area contributed by atoms with Crippen LogP contribution in [-0.4, -0.2) is 25.5 Å². The van der Waals surface area contributed by atoms with E-state index in [1.54, 1.807) is 9.36 Å². The normalized spacial score (nSPS) is 10.7. The largest absolute Gasteiger partial charge is 0.350 e. The molecule has 1 amide bonds. The summed E-state index contributed by atoms with van der Waals surface area (Å²) in [5, 5.41) is 11.4. The third-order valence-corrected chi connectivity index (χ3v) is 2.99. The topological polar surface area (TPSA) is 64.7 Å². The van der Waals surface area contributed by atoms with E-state index in [2.05, 4.69) is 15.5 Å². The first-order chi connectivity index (χ1) is 8.95. The van der Waals surface area contributed by atoms with E-state index in [9.17, 15) is 4.79 Å². The number of aryl methyl sites for hydroxylation is 4. The Morgan fingerprint density at radius 2 is 2.05 bits per heavy atom. The number of nitrogens with zero attached hydrogens (tertiary/aromatic N) is 4. The van der Waals surface area contributed by atoms with E-state index in [0.717, 1.165) is 22.6 Å². The predicted octanol–water partition coefficient (Wildman–Crippen LogP) is 0.858. The lowest BCUT2D eigenvalue weighted by Gasteiger charge is -2.06. The number of hydrogen-bond acceptors (Lipinski definition) is 3. The molecule has 0 saturated heterocycles. The van der Waals surface area contributed by atoms with Crippen LogP contribution in [0.15, 0.2) is 12.3 Å². The summed E-state index contributed by atoms with van der Waals surface area (Å²) >= 11 is 0. The number of amides is 1. The molecule has 0 spiro atoms. The molecule has 2 rings (SSSR count).